The number of nitrogens with zero attached hydrogens (tertiary/aromatic N) is 3. The summed E-state index contributed by atoms with van der Waals surface area (Å²) in [6.07, 6.45) is 1.55. The van der Waals surface area contributed by atoms with Crippen LogP contribution < -0.4 is 0 Å². The molecule has 0 fully saturated rings. The molecule has 3 nitrogen and oxygen atoms in total. The number of aromatic nitrogens is 2. The molecule has 0 aliphatic carbocycles. The van der Waals surface area contributed by atoms with Crippen LogP contribution >= 0.6 is 11.6 Å². The number of hydrogen-bond donors (Lipinski definition) is 0. The van der Waals surface area contributed by atoms with Gasteiger partial charge in [-0.25, -0.2) is 9.97 Å². The highest BCUT2D eigenvalue weighted by Crippen LogP contribution is 2.23. The third kappa shape index (κ3) is 1.95. The smallest absolute Gasteiger partial charge is 0.162 e. The van der Waals surface area contributed by atoms with Gasteiger partial charge in [-0.3, -0.25) is 0 Å². The van der Waals surface area contributed by atoms with E-state index in [0.29, 0.717) is 16.5 Å². The Morgan fingerprint density at radius 1 is 1.20 bits per heavy atom. The van der Waals surface area contributed by atoms with Gasteiger partial charge in [0.1, 0.15) is 11.8 Å². The Hall–Kier alpha value is -1.92. The van der Waals surface area contributed by atoms with Gasteiger partial charge in [0.2, 0.25) is 0 Å². The quantitative estimate of drug-likeness (QED) is 0.735. The van der Waals surface area contributed by atoms with Gasteiger partial charge in [-0.05, 0) is 18.2 Å². The molecule has 0 unspecified atom stereocenters. The Labute approximate surface area is 92.0 Å². The topological polar surface area (TPSA) is 49.6 Å². The second kappa shape index (κ2) is 4.07. The molecule has 0 spiro atoms. The molecular formula is C11H6ClN3. The summed E-state index contributed by atoms with van der Waals surface area (Å²) in [7, 11) is 0. The molecule has 15 heavy (non-hydrogen) atoms. The van der Waals surface area contributed by atoms with Crippen LogP contribution in [0.25, 0.3) is 11.4 Å². The van der Waals surface area contributed by atoms with Gasteiger partial charge in [-0.15, -0.1) is 0 Å². The molecular weight excluding hydrogens is 210 g/mol. The largest absolute Gasteiger partial charge is 0.236 e. The van der Waals surface area contributed by atoms with Gasteiger partial charge in [-0.1, -0.05) is 23.7 Å². The van der Waals surface area contributed by atoms with Crippen LogP contribution in [0.5, 0.6) is 0 Å². The molecule has 72 valence electrons. The number of halogens is 1. The normalized spacial score (nSPS) is 9.60. The van der Waals surface area contributed by atoms with E-state index in [4.69, 9.17) is 16.9 Å². The fraction of sp³-hybridized carbons (Fsp3) is 0. The maximum atomic E-state index is 8.70. The standard InChI is InChI=1S/C11H6ClN3/c12-10-4-2-1-3-9(10)11-14-6-5-8(7-13)15-11/h1-6H. The fourth-order valence-corrected chi connectivity index (χ4v) is 1.41. The first-order chi connectivity index (χ1) is 7.31. The molecule has 2 rings (SSSR count). The Balaban J connectivity index is 2.55. The molecule has 2 aromatic rings. The van der Waals surface area contributed by atoms with Crippen molar-refractivity contribution in [1.82, 2.24) is 9.97 Å². The van der Waals surface area contributed by atoms with Crippen molar-refractivity contribution in [3.63, 3.8) is 0 Å². The van der Waals surface area contributed by atoms with E-state index in [0.717, 1.165) is 5.56 Å². The Morgan fingerprint density at radius 3 is 2.73 bits per heavy atom. The third-order valence-corrected chi connectivity index (χ3v) is 2.21. The summed E-state index contributed by atoms with van der Waals surface area (Å²) in [6, 6.07) is 10.8. The molecule has 1 aromatic carbocycles. The second-order valence-corrected chi connectivity index (χ2v) is 3.26. The maximum absolute atomic E-state index is 8.70. The number of nitriles is 1. The average Bonchev–Trinajstić information content (AvgIpc) is 2.30. The molecule has 0 saturated heterocycles. The van der Waals surface area contributed by atoms with Gasteiger partial charge in [0.25, 0.3) is 0 Å². The minimum absolute atomic E-state index is 0.333. The van der Waals surface area contributed by atoms with Crippen molar-refractivity contribution in [3.05, 3.63) is 47.2 Å². The lowest BCUT2D eigenvalue weighted by molar-refractivity contribution is 1.15. The molecule has 1 aromatic heterocycles. The molecule has 0 N–H and O–H groups in total. The van der Waals surface area contributed by atoms with Crippen molar-refractivity contribution in [2.24, 2.45) is 0 Å². The zero-order chi connectivity index (χ0) is 10.7. The maximum Gasteiger partial charge on any atom is 0.162 e. The van der Waals surface area contributed by atoms with E-state index >= 15 is 0 Å². The highest BCUT2D eigenvalue weighted by atomic mass is 35.5. The summed E-state index contributed by atoms with van der Waals surface area (Å²) in [4.78, 5) is 8.14. The summed E-state index contributed by atoms with van der Waals surface area (Å²) in [5.74, 6) is 0.472. The summed E-state index contributed by atoms with van der Waals surface area (Å²) >= 11 is 5.99. The van der Waals surface area contributed by atoms with E-state index < -0.39 is 0 Å². The zero-order valence-corrected chi connectivity index (χ0v) is 8.44. The lowest BCUT2D eigenvalue weighted by Crippen LogP contribution is -1.91. The van der Waals surface area contributed by atoms with Gasteiger partial charge in [-0.2, -0.15) is 5.26 Å². The molecule has 0 aliphatic rings. The summed E-state index contributed by atoms with van der Waals surface area (Å²) in [6.45, 7) is 0. The van der Waals surface area contributed by atoms with Crippen LogP contribution in [-0.4, -0.2) is 9.97 Å². The van der Waals surface area contributed by atoms with Gasteiger partial charge >= 0.3 is 0 Å². The number of benzene rings is 1. The van der Waals surface area contributed by atoms with E-state index in [2.05, 4.69) is 9.97 Å². The van der Waals surface area contributed by atoms with Gasteiger partial charge in [0, 0.05) is 11.8 Å². The first-order valence-corrected chi connectivity index (χ1v) is 4.67. The van der Waals surface area contributed by atoms with Gasteiger partial charge in [0.05, 0.1) is 5.02 Å². The first kappa shape index (κ1) is 9.63. The molecule has 0 radical (unpaired) electrons. The SMILES string of the molecule is N#Cc1ccnc(-c2ccccc2Cl)n1. The van der Waals surface area contributed by atoms with E-state index in [-0.39, 0.29) is 0 Å². The summed E-state index contributed by atoms with van der Waals surface area (Å²) < 4.78 is 0. The van der Waals surface area contributed by atoms with Crippen LogP contribution in [0.1, 0.15) is 5.69 Å². The first-order valence-electron chi connectivity index (χ1n) is 4.29. The predicted molar refractivity (Wildman–Crippen MR) is 57.2 cm³/mol. The Morgan fingerprint density at radius 2 is 2.00 bits per heavy atom. The van der Waals surface area contributed by atoms with Crippen molar-refractivity contribution < 1.29 is 0 Å². The molecule has 0 saturated carbocycles. The van der Waals surface area contributed by atoms with Crippen molar-refractivity contribution in [2.75, 3.05) is 0 Å². The Kier molecular flexibility index (Phi) is 2.61. The summed E-state index contributed by atoms with van der Waals surface area (Å²) in [5, 5.41) is 9.28. The van der Waals surface area contributed by atoms with E-state index in [1.54, 1.807) is 18.3 Å². The number of hydrogen-bond acceptors (Lipinski definition) is 3. The van der Waals surface area contributed by atoms with Crippen LogP contribution in [0.4, 0.5) is 0 Å². The monoisotopic (exact) mass is 215 g/mol. The average molecular weight is 216 g/mol. The van der Waals surface area contributed by atoms with Crippen LogP contribution in [-0.2, 0) is 0 Å². The molecule has 0 atom stereocenters. The predicted octanol–water partition coefficient (Wildman–Crippen LogP) is 2.67. The fourth-order valence-electron chi connectivity index (χ4n) is 1.19. The van der Waals surface area contributed by atoms with Crippen molar-refractivity contribution in [2.45, 2.75) is 0 Å². The summed E-state index contributed by atoms with van der Waals surface area (Å²) in [5.41, 5.74) is 1.07. The second-order valence-electron chi connectivity index (χ2n) is 2.86. The van der Waals surface area contributed by atoms with E-state index in [1.807, 2.05) is 24.3 Å². The number of rotatable bonds is 1. The molecule has 4 heteroatoms. The molecule has 0 bridgehead atoms. The highest BCUT2D eigenvalue weighted by Gasteiger charge is 2.05. The Bertz CT molecular complexity index is 531. The van der Waals surface area contributed by atoms with Crippen LogP contribution in [0.3, 0.4) is 0 Å². The van der Waals surface area contributed by atoms with Crippen molar-refractivity contribution >= 4 is 11.6 Å². The highest BCUT2D eigenvalue weighted by molar-refractivity contribution is 6.33. The van der Waals surface area contributed by atoms with Gasteiger partial charge in [0.15, 0.2) is 5.82 Å². The zero-order valence-electron chi connectivity index (χ0n) is 7.68. The lowest BCUT2D eigenvalue weighted by atomic mass is 10.2. The minimum atomic E-state index is 0.333. The third-order valence-electron chi connectivity index (χ3n) is 1.88. The van der Waals surface area contributed by atoms with Crippen LogP contribution in [0, 0.1) is 11.3 Å². The van der Waals surface area contributed by atoms with Crippen molar-refractivity contribution in [1.29, 1.82) is 5.26 Å². The molecule has 0 aliphatic heterocycles. The minimum Gasteiger partial charge on any atom is -0.236 e. The van der Waals surface area contributed by atoms with Crippen molar-refractivity contribution in [3.8, 4) is 17.5 Å². The van der Waals surface area contributed by atoms with Gasteiger partial charge < -0.3 is 0 Å². The molecule has 0 amide bonds. The molecule has 1 heterocycles. The van der Waals surface area contributed by atoms with Crippen LogP contribution in [0.2, 0.25) is 5.02 Å². The van der Waals surface area contributed by atoms with E-state index in [9.17, 15) is 0 Å². The van der Waals surface area contributed by atoms with E-state index in [1.165, 1.54) is 0 Å². The lowest BCUT2D eigenvalue weighted by Gasteiger charge is -2.01. The van der Waals surface area contributed by atoms with Crippen LogP contribution in [0.15, 0.2) is 36.5 Å².